The predicted molar refractivity (Wildman–Crippen MR) is 89.9 cm³/mol. The van der Waals surface area contributed by atoms with E-state index in [9.17, 15) is 4.79 Å². The van der Waals surface area contributed by atoms with Crippen molar-refractivity contribution in [1.29, 1.82) is 0 Å². The number of hydrogen-bond acceptors (Lipinski definition) is 6. The standard InChI is InChI=1S/C17H21N5O2/c1-12-6-14(21(2)3)7-15(20-12)16-10-22(4-5-24-16)17(23)13-8-18-11-19-9-13/h6-9,11,16H,4-5,10H2,1-3H3/t16-/m0/s1. The molecule has 0 bridgehead atoms. The zero-order valence-corrected chi connectivity index (χ0v) is 14.1. The third kappa shape index (κ3) is 3.51. The number of aryl methyl sites for hydroxylation is 1. The summed E-state index contributed by atoms with van der Waals surface area (Å²) in [6.07, 6.45) is 4.26. The summed E-state index contributed by atoms with van der Waals surface area (Å²) in [4.78, 5) is 28.8. The highest BCUT2D eigenvalue weighted by Gasteiger charge is 2.27. The largest absolute Gasteiger partial charge is 0.378 e. The van der Waals surface area contributed by atoms with Crippen molar-refractivity contribution in [3.63, 3.8) is 0 Å². The van der Waals surface area contributed by atoms with Gasteiger partial charge in [0.15, 0.2) is 0 Å². The molecule has 0 N–H and O–H groups in total. The molecule has 3 heterocycles. The van der Waals surface area contributed by atoms with Gasteiger partial charge in [-0.1, -0.05) is 0 Å². The average Bonchev–Trinajstić information content (AvgIpc) is 2.61. The first-order valence-electron chi connectivity index (χ1n) is 7.86. The van der Waals surface area contributed by atoms with E-state index in [2.05, 4.69) is 15.0 Å². The molecular formula is C17H21N5O2. The van der Waals surface area contributed by atoms with Crippen LogP contribution in [0.4, 0.5) is 5.69 Å². The minimum atomic E-state index is -0.231. The van der Waals surface area contributed by atoms with Gasteiger partial charge in [0.1, 0.15) is 12.4 Å². The van der Waals surface area contributed by atoms with Gasteiger partial charge in [-0.25, -0.2) is 9.97 Å². The van der Waals surface area contributed by atoms with E-state index in [1.54, 1.807) is 4.90 Å². The first-order chi connectivity index (χ1) is 11.5. The summed E-state index contributed by atoms with van der Waals surface area (Å²) >= 11 is 0. The minimum absolute atomic E-state index is 0.0793. The Labute approximate surface area is 141 Å². The fourth-order valence-electron chi connectivity index (χ4n) is 2.70. The second-order valence-electron chi connectivity index (χ2n) is 6.02. The SMILES string of the molecule is Cc1cc(N(C)C)cc([C@@H]2CN(C(=O)c3cncnc3)CCO2)n1. The van der Waals surface area contributed by atoms with Gasteiger partial charge in [-0.3, -0.25) is 9.78 Å². The Bertz CT molecular complexity index is 720. The summed E-state index contributed by atoms with van der Waals surface area (Å²) in [5.41, 5.74) is 3.34. The van der Waals surface area contributed by atoms with Crippen LogP contribution in [0.5, 0.6) is 0 Å². The van der Waals surface area contributed by atoms with Crippen molar-refractivity contribution in [3.8, 4) is 0 Å². The van der Waals surface area contributed by atoms with Gasteiger partial charge in [-0.05, 0) is 19.1 Å². The van der Waals surface area contributed by atoms with Crippen molar-refractivity contribution in [1.82, 2.24) is 19.9 Å². The number of morpholine rings is 1. The van der Waals surface area contributed by atoms with E-state index in [-0.39, 0.29) is 12.0 Å². The van der Waals surface area contributed by atoms with E-state index in [4.69, 9.17) is 4.74 Å². The highest BCUT2D eigenvalue weighted by molar-refractivity contribution is 5.93. The second kappa shape index (κ2) is 6.92. The Morgan fingerprint density at radius 2 is 2.04 bits per heavy atom. The molecule has 0 aromatic carbocycles. The maximum absolute atomic E-state index is 12.6. The molecule has 1 aliphatic heterocycles. The number of rotatable bonds is 3. The first-order valence-corrected chi connectivity index (χ1v) is 7.86. The number of nitrogens with zero attached hydrogens (tertiary/aromatic N) is 5. The number of aromatic nitrogens is 3. The highest BCUT2D eigenvalue weighted by atomic mass is 16.5. The molecule has 0 saturated carbocycles. The molecule has 126 valence electrons. The first kappa shape index (κ1) is 16.3. The van der Waals surface area contributed by atoms with Crippen molar-refractivity contribution < 1.29 is 9.53 Å². The van der Waals surface area contributed by atoms with Crippen LogP contribution < -0.4 is 4.90 Å². The topological polar surface area (TPSA) is 71.5 Å². The van der Waals surface area contributed by atoms with Gasteiger partial charge in [-0.2, -0.15) is 0 Å². The van der Waals surface area contributed by atoms with Crippen LogP contribution in [0.25, 0.3) is 0 Å². The van der Waals surface area contributed by atoms with Gasteiger partial charge in [-0.15, -0.1) is 0 Å². The van der Waals surface area contributed by atoms with Crippen LogP contribution in [0.3, 0.4) is 0 Å². The Hall–Kier alpha value is -2.54. The van der Waals surface area contributed by atoms with Gasteiger partial charge in [0.25, 0.3) is 5.91 Å². The molecule has 2 aromatic rings. The van der Waals surface area contributed by atoms with E-state index in [1.807, 2.05) is 38.1 Å². The number of ether oxygens (including phenoxy) is 1. The molecule has 7 heteroatoms. The monoisotopic (exact) mass is 327 g/mol. The molecule has 0 unspecified atom stereocenters. The molecule has 3 rings (SSSR count). The van der Waals surface area contributed by atoms with E-state index in [1.165, 1.54) is 18.7 Å². The number of anilines is 1. The molecule has 0 spiro atoms. The van der Waals surface area contributed by atoms with Crippen molar-refractivity contribution in [2.24, 2.45) is 0 Å². The fraction of sp³-hybridized carbons (Fsp3) is 0.412. The number of carbonyl (C=O) groups excluding carboxylic acids is 1. The molecule has 0 radical (unpaired) electrons. The molecule has 1 aliphatic rings. The fourth-order valence-corrected chi connectivity index (χ4v) is 2.70. The lowest BCUT2D eigenvalue weighted by Crippen LogP contribution is -2.42. The van der Waals surface area contributed by atoms with Gasteiger partial charge in [0.05, 0.1) is 24.4 Å². The zero-order chi connectivity index (χ0) is 17.1. The molecule has 2 aromatic heterocycles. The maximum Gasteiger partial charge on any atom is 0.257 e. The van der Waals surface area contributed by atoms with E-state index >= 15 is 0 Å². The number of hydrogen-bond donors (Lipinski definition) is 0. The molecule has 1 atom stereocenters. The summed E-state index contributed by atoms with van der Waals surface area (Å²) in [6.45, 7) is 3.47. The van der Waals surface area contributed by atoms with E-state index in [0.717, 1.165) is 17.1 Å². The van der Waals surface area contributed by atoms with E-state index in [0.29, 0.717) is 25.3 Å². The van der Waals surface area contributed by atoms with Crippen molar-refractivity contribution in [2.45, 2.75) is 13.0 Å². The summed E-state index contributed by atoms with van der Waals surface area (Å²) in [6, 6.07) is 4.04. The molecule has 1 fully saturated rings. The minimum Gasteiger partial charge on any atom is -0.378 e. The second-order valence-corrected chi connectivity index (χ2v) is 6.02. The van der Waals surface area contributed by atoms with Gasteiger partial charge in [0.2, 0.25) is 0 Å². The van der Waals surface area contributed by atoms with Crippen LogP contribution in [-0.2, 0) is 4.74 Å². The Balaban J connectivity index is 1.80. The molecular weight excluding hydrogens is 306 g/mol. The molecule has 1 saturated heterocycles. The van der Waals surface area contributed by atoms with Crippen molar-refractivity contribution >= 4 is 11.6 Å². The van der Waals surface area contributed by atoms with Crippen LogP contribution in [0.1, 0.15) is 27.8 Å². The third-order valence-electron chi connectivity index (χ3n) is 3.97. The third-order valence-corrected chi connectivity index (χ3v) is 3.97. The van der Waals surface area contributed by atoms with Gasteiger partial charge in [0, 0.05) is 44.4 Å². The van der Waals surface area contributed by atoms with Crippen LogP contribution >= 0.6 is 0 Å². The lowest BCUT2D eigenvalue weighted by molar-refractivity contribution is -0.0247. The quantitative estimate of drug-likeness (QED) is 0.850. The summed E-state index contributed by atoms with van der Waals surface area (Å²) in [5, 5.41) is 0. The molecule has 24 heavy (non-hydrogen) atoms. The van der Waals surface area contributed by atoms with Crippen molar-refractivity contribution in [3.05, 3.63) is 47.8 Å². The Kier molecular flexibility index (Phi) is 4.71. The van der Waals surface area contributed by atoms with Crippen LogP contribution in [0.2, 0.25) is 0 Å². The highest BCUT2D eigenvalue weighted by Crippen LogP contribution is 2.25. The van der Waals surface area contributed by atoms with Crippen molar-refractivity contribution in [2.75, 3.05) is 38.7 Å². The lowest BCUT2D eigenvalue weighted by atomic mass is 10.1. The number of pyridine rings is 1. The number of carbonyl (C=O) groups is 1. The van der Waals surface area contributed by atoms with Crippen LogP contribution in [-0.4, -0.2) is 59.6 Å². The zero-order valence-electron chi connectivity index (χ0n) is 14.1. The molecule has 7 nitrogen and oxygen atoms in total. The molecule has 0 aliphatic carbocycles. The Morgan fingerprint density at radius 1 is 1.29 bits per heavy atom. The summed E-state index contributed by atoms with van der Waals surface area (Å²) in [7, 11) is 3.98. The summed E-state index contributed by atoms with van der Waals surface area (Å²) in [5.74, 6) is -0.0793. The normalized spacial score (nSPS) is 17.6. The number of amides is 1. The predicted octanol–water partition coefficient (Wildman–Crippen LogP) is 1.46. The average molecular weight is 327 g/mol. The van der Waals surface area contributed by atoms with Crippen LogP contribution in [0, 0.1) is 6.92 Å². The van der Waals surface area contributed by atoms with Crippen LogP contribution in [0.15, 0.2) is 30.9 Å². The molecule has 1 amide bonds. The van der Waals surface area contributed by atoms with Gasteiger partial charge < -0.3 is 14.5 Å². The lowest BCUT2D eigenvalue weighted by Gasteiger charge is -2.33. The van der Waals surface area contributed by atoms with Gasteiger partial charge >= 0.3 is 0 Å². The summed E-state index contributed by atoms with van der Waals surface area (Å²) < 4.78 is 5.86. The van der Waals surface area contributed by atoms with E-state index < -0.39 is 0 Å². The smallest absolute Gasteiger partial charge is 0.257 e. The Morgan fingerprint density at radius 3 is 2.75 bits per heavy atom. The maximum atomic E-state index is 12.6.